The van der Waals surface area contributed by atoms with E-state index in [0.29, 0.717) is 28.6 Å². The highest BCUT2D eigenvalue weighted by atomic mass is 16.5. The molecule has 0 aliphatic heterocycles. The van der Waals surface area contributed by atoms with E-state index in [1.165, 1.54) is 24.3 Å². The molecule has 2 rings (SSSR count). The van der Waals surface area contributed by atoms with Gasteiger partial charge in [0.05, 0.1) is 12.2 Å². The van der Waals surface area contributed by atoms with Gasteiger partial charge in [-0.15, -0.1) is 0 Å². The van der Waals surface area contributed by atoms with E-state index in [-0.39, 0.29) is 5.56 Å². The zero-order valence-corrected chi connectivity index (χ0v) is 11.4. The summed E-state index contributed by atoms with van der Waals surface area (Å²) >= 11 is 0. The van der Waals surface area contributed by atoms with Gasteiger partial charge in [-0.25, -0.2) is 4.79 Å². The maximum absolute atomic E-state index is 11.9. The van der Waals surface area contributed by atoms with Crippen LogP contribution < -0.4 is 4.74 Å². The molecule has 0 bridgehead atoms. The van der Waals surface area contributed by atoms with Crippen LogP contribution in [0.1, 0.15) is 17.3 Å². The van der Waals surface area contributed by atoms with Gasteiger partial charge < -0.3 is 15.1 Å². The Morgan fingerprint density at radius 3 is 2.33 bits per heavy atom. The van der Waals surface area contributed by atoms with Gasteiger partial charge in [0.15, 0.2) is 0 Å². The third-order valence-corrected chi connectivity index (χ3v) is 2.69. The molecular weight excluding hydrogens is 272 g/mol. The van der Waals surface area contributed by atoms with E-state index in [9.17, 15) is 10.0 Å². The zero-order valence-electron chi connectivity index (χ0n) is 11.4. The minimum atomic E-state index is -1.02. The first kappa shape index (κ1) is 14.5. The molecule has 0 aliphatic carbocycles. The Morgan fingerprint density at radius 2 is 1.81 bits per heavy atom. The average molecular weight is 286 g/mol. The van der Waals surface area contributed by atoms with Crippen molar-refractivity contribution in [3.8, 4) is 5.75 Å². The summed E-state index contributed by atoms with van der Waals surface area (Å²) in [5.74, 6) is -0.340. The van der Waals surface area contributed by atoms with E-state index in [1.54, 1.807) is 24.3 Å². The summed E-state index contributed by atoms with van der Waals surface area (Å²) in [5, 5.41) is 24.5. The maximum Gasteiger partial charge on any atom is 0.335 e. The number of ether oxygens (including phenoxy) is 1. The normalized spacial score (nSPS) is 11.2. The molecule has 1 N–H and O–H groups in total. The van der Waals surface area contributed by atoms with Crippen molar-refractivity contribution >= 4 is 17.3 Å². The molecular formula is C15H14N2O4. The van der Waals surface area contributed by atoms with Crippen LogP contribution in [0.5, 0.6) is 5.75 Å². The van der Waals surface area contributed by atoms with Crippen LogP contribution in [0, 0.1) is 5.21 Å². The topological polar surface area (TPSA) is 85.0 Å². The van der Waals surface area contributed by atoms with Crippen LogP contribution in [0.3, 0.4) is 0 Å². The fourth-order valence-electron chi connectivity index (χ4n) is 1.67. The summed E-state index contributed by atoms with van der Waals surface area (Å²) in [6.07, 6.45) is 0. The molecule has 0 atom stereocenters. The SMILES string of the molecule is CCOc1ccc([N+]([O-])=Nc2ccc(C(=O)O)cc2)cc1. The number of hydrogen-bond donors (Lipinski definition) is 1. The van der Waals surface area contributed by atoms with E-state index < -0.39 is 5.97 Å². The van der Waals surface area contributed by atoms with E-state index in [4.69, 9.17) is 9.84 Å². The third kappa shape index (κ3) is 3.79. The molecule has 0 heterocycles. The Kier molecular flexibility index (Phi) is 4.50. The molecule has 0 amide bonds. The fourth-order valence-corrected chi connectivity index (χ4v) is 1.67. The summed E-state index contributed by atoms with van der Waals surface area (Å²) in [6.45, 7) is 2.44. The molecule has 0 aromatic heterocycles. The van der Waals surface area contributed by atoms with Gasteiger partial charge in [-0.1, -0.05) is 4.86 Å². The van der Waals surface area contributed by atoms with Crippen LogP contribution in [0.4, 0.5) is 11.4 Å². The number of benzene rings is 2. The Labute approximate surface area is 121 Å². The van der Waals surface area contributed by atoms with Crippen molar-refractivity contribution in [1.29, 1.82) is 0 Å². The highest BCUT2D eigenvalue weighted by Crippen LogP contribution is 2.21. The van der Waals surface area contributed by atoms with Gasteiger partial charge in [-0.05, 0) is 43.3 Å². The van der Waals surface area contributed by atoms with Crippen molar-refractivity contribution in [1.82, 2.24) is 0 Å². The molecule has 21 heavy (non-hydrogen) atoms. The second-order valence-electron chi connectivity index (χ2n) is 4.15. The van der Waals surface area contributed by atoms with Gasteiger partial charge >= 0.3 is 5.97 Å². The predicted octanol–water partition coefficient (Wildman–Crippen LogP) is 3.71. The lowest BCUT2D eigenvalue weighted by Gasteiger charge is -2.03. The zero-order chi connectivity index (χ0) is 15.2. The fraction of sp³-hybridized carbons (Fsp3) is 0.133. The van der Waals surface area contributed by atoms with Crippen LogP contribution >= 0.6 is 0 Å². The Hall–Kier alpha value is -2.89. The molecule has 0 spiro atoms. The first-order valence-electron chi connectivity index (χ1n) is 6.35. The molecule has 0 unspecified atom stereocenters. The van der Waals surface area contributed by atoms with Crippen molar-refractivity contribution in [2.75, 3.05) is 6.61 Å². The van der Waals surface area contributed by atoms with E-state index in [2.05, 4.69) is 5.11 Å². The largest absolute Gasteiger partial charge is 0.594 e. The molecule has 2 aromatic rings. The minimum Gasteiger partial charge on any atom is -0.594 e. The van der Waals surface area contributed by atoms with Crippen molar-refractivity contribution in [2.45, 2.75) is 6.92 Å². The molecule has 0 saturated heterocycles. The summed E-state index contributed by atoms with van der Waals surface area (Å²) in [7, 11) is 0. The van der Waals surface area contributed by atoms with Gasteiger partial charge in [0.1, 0.15) is 11.4 Å². The first-order valence-corrected chi connectivity index (χ1v) is 6.35. The monoisotopic (exact) mass is 286 g/mol. The summed E-state index contributed by atoms with van der Waals surface area (Å²) in [5.41, 5.74) is 0.886. The second kappa shape index (κ2) is 6.51. The summed E-state index contributed by atoms with van der Waals surface area (Å²) in [4.78, 5) is 11.2. The first-order chi connectivity index (χ1) is 10.1. The van der Waals surface area contributed by atoms with Crippen molar-refractivity contribution in [3.05, 3.63) is 59.3 Å². The number of hydrogen-bond acceptors (Lipinski definition) is 4. The highest BCUT2D eigenvalue weighted by molar-refractivity contribution is 5.87. The van der Waals surface area contributed by atoms with Crippen LogP contribution in [-0.2, 0) is 0 Å². The molecule has 6 nitrogen and oxygen atoms in total. The van der Waals surface area contributed by atoms with Crippen LogP contribution in [0.25, 0.3) is 0 Å². The van der Waals surface area contributed by atoms with Gasteiger partial charge in [0.2, 0.25) is 5.69 Å². The highest BCUT2D eigenvalue weighted by Gasteiger charge is 2.06. The average Bonchev–Trinajstić information content (AvgIpc) is 2.49. The van der Waals surface area contributed by atoms with E-state index in [0.717, 1.165) is 0 Å². The number of carbonyl (C=O) groups is 1. The minimum absolute atomic E-state index is 0.146. The van der Waals surface area contributed by atoms with Crippen LogP contribution in [-0.4, -0.2) is 22.5 Å². The number of aromatic carboxylic acids is 1. The number of nitrogens with zero attached hydrogens (tertiary/aromatic N) is 2. The Balaban J connectivity index is 2.17. The maximum atomic E-state index is 11.9. The van der Waals surface area contributed by atoms with Gasteiger partial charge in [-0.2, -0.15) is 0 Å². The smallest absolute Gasteiger partial charge is 0.335 e. The number of azo groups is 1. The summed E-state index contributed by atoms with van der Waals surface area (Å²) < 4.78 is 5.29. The molecule has 0 radical (unpaired) electrons. The van der Waals surface area contributed by atoms with Crippen molar-refractivity contribution in [2.24, 2.45) is 5.11 Å². The quantitative estimate of drug-likeness (QED) is 0.516. The van der Waals surface area contributed by atoms with E-state index >= 15 is 0 Å². The van der Waals surface area contributed by atoms with Gasteiger partial charge in [0, 0.05) is 17.2 Å². The number of carboxylic acids is 1. The molecule has 2 aromatic carbocycles. The number of carboxylic acid groups (broad SMARTS) is 1. The Bertz CT molecular complexity index is 648. The molecule has 0 fully saturated rings. The predicted molar refractivity (Wildman–Crippen MR) is 76.4 cm³/mol. The van der Waals surface area contributed by atoms with Crippen molar-refractivity contribution < 1.29 is 19.5 Å². The lowest BCUT2D eigenvalue weighted by atomic mass is 10.2. The Morgan fingerprint density at radius 1 is 1.19 bits per heavy atom. The summed E-state index contributed by atoms with van der Waals surface area (Å²) in [6, 6.07) is 12.3. The van der Waals surface area contributed by atoms with Gasteiger partial charge in [-0.3, -0.25) is 0 Å². The molecule has 108 valence electrons. The third-order valence-electron chi connectivity index (χ3n) is 2.69. The standard InChI is InChI=1S/C15H14N2O4/c1-2-21-14-9-7-13(8-10-14)17(20)16-12-5-3-11(4-6-12)15(18)19/h3-10H,2H2,1H3,(H,18,19). The van der Waals surface area contributed by atoms with Crippen molar-refractivity contribution in [3.63, 3.8) is 0 Å². The molecule has 6 heteroatoms. The molecule has 0 aliphatic rings. The second-order valence-corrected chi connectivity index (χ2v) is 4.15. The van der Waals surface area contributed by atoms with E-state index in [1.807, 2.05) is 6.92 Å². The lowest BCUT2D eigenvalue weighted by Crippen LogP contribution is -1.95. The van der Waals surface area contributed by atoms with Crippen LogP contribution in [0.15, 0.2) is 53.6 Å². The molecule has 0 saturated carbocycles. The number of rotatable bonds is 5. The lowest BCUT2D eigenvalue weighted by molar-refractivity contribution is -0.435. The van der Waals surface area contributed by atoms with Crippen LogP contribution in [0.2, 0.25) is 0 Å². The van der Waals surface area contributed by atoms with Gasteiger partial charge in [0.25, 0.3) is 0 Å².